The zero-order valence-electron chi connectivity index (χ0n) is 16.1. The van der Waals surface area contributed by atoms with Crippen LogP contribution >= 0.6 is 0 Å². The molecule has 0 radical (unpaired) electrons. The van der Waals surface area contributed by atoms with Crippen LogP contribution in [0.5, 0.6) is 11.5 Å². The number of sulfonamides is 1. The van der Waals surface area contributed by atoms with E-state index >= 15 is 0 Å². The van der Waals surface area contributed by atoms with Crippen molar-refractivity contribution in [3.63, 3.8) is 0 Å². The Bertz CT molecular complexity index is 958. The van der Waals surface area contributed by atoms with Gasteiger partial charge >= 0.3 is 0 Å². The molecule has 4 rings (SSSR count). The number of benzene rings is 1. The van der Waals surface area contributed by atoms with Gasteiger partial charge in [0.2, 0.25) is 16.8 Å². The molecule has 0 aliphatic carbocycles. The van der Waals surface area contributed by atoms with Crippen LogP contribution in [-0.4, -0.2) is 73.7 Å². The molecule has 2 aliphatic heterocycles. The van der Waals surface area contributed by atoms with Crippen molar-refractivity contribution in [1.82, 2.24) is 13.9 Å². The monoisotopic (exact) mass is 425 g/mol. The Hall–Kier alpha value is -2.63. The van der Waals surface area contributed by atoms with Gasteiger partial charge in [0, 0.05) is 38.0 Å². The van der Waals surface area contributed by atoms with Crippen molar-refractivity contribution in [3.05, 3.63) is 30.6 Å². The Morgan fingerprint density at radius 3 is 2.72 bits per heavy atom. The van der Waals surface area contributed by atoms with Gasteiger partial charge in [0.05, 0.1) is 25.0 Å². The average molecular weight is 425 g/mol. The van der Waals surface area contributed by atoms with Gasteiger partial charge in [0.25, 0.3) is 6.47 Å². The van der Waals surface area contributed by atoms with Crippen LogP contribution in [0.4, 0.5) is 0 Å². The Morgan fingerprint density at radius 1 is 1.28 bits per heavy atom. The summed E-state index contributed by atoms with van der Waals surface area (Å²) < 4.78 is 44.3. The first kappa shape index (κ1) is 21.1. The molecule has 2 atom stereocenters. The Labute approximate surface area is 168 Å². The lowest BCUT2D eigenvalue weighted by Crippen LogP contribution is -2.32. The average Bonchev–Trinajstić information content (AvgIpc) is 3.41. The fourth-order valence-electron chi connectivity index (χ4n) is 3.31. The molecule has 0 amide bonds. The van der Waals surface area contributed by atoms with Crippen molar-refractivity contribution in [3.8, 4) is 22.9 Å². The van der Waals surface area contributed by atoms with Gasteiger partial charge in [-0.15, -0.1) is 0 Å². The van der Waals surface area contributed by atoms with Crippen molar-refractivity contribution in [2.75, 3.05) is 39.9 Å². The number of imidazole rings is 1. The highest BCUT2D eigenvalue weighted by Crippen LogP contribution is 2.37. The first-order valence-electron chi connectivity index (χ1n) is 8.86. The SMILES string of the molecule is CN(C)S(=O)(=O)C[C@H]1COC[C@H]1n1ccnc1-c1ccc2c(c1)OCO2.O=CO. The summed E-state index contributed by atoms with van der Waals surface area (Å²) in [7, 11) is -0.206. The molecular formula is C18H23N3O7S. The van der Waals surface area contributed by atoms with Gasteiger partial charge in [-0.25, -0.2) is 17.7 Å². The molecule has 2 aliphatic rings. The van der Waals surface area contributed by atoms with Crippen molar-refractivity contribution in [2.24, 2.45) is 5.92 Å². The number of hydrogen-bond acceptors (Lipinski definition) is 7. The molecule has 1 aromatic heterocycles. The fourth-order valence-corrected chi connectivity index (χ4v) is 4.47. The second-order valence-electron chi connectivity index (χ2n) is 6.76. The minimum Gasteiger partial charge on any atom is -0.483 e. The summed E-state index contributed by atoms with van der Waals surface area (Å²) >= 11 is 0. The predicted molar refractivity (Wildman–Crippen MR) is 103 cm³/mol. The molecule has 1 saturated heterocycles. The van der Waals surface area contributed by atoms with Crippen LogP contribution < -0.4 is 9.47 Å². The van der Waals surface area contributed by atoms with Crippen LogP contribution in [0.15, 0.2) is 30.6 Å². The molecule has 10 nitrogen and oxygen atoms in total. The standard InChI is InChI=1S/C17H21N3O5S.CH2O2/c1-19(2)26(21,22)10-13-8-23-9-14(13)20-6-5-18-17(20)12-3-4-15-16(7-12)25-11-24-15;2-1-3/h3-7,13-14H,8-11H2,1-2H3;1H,(H,2,3)/t13-,14-;/m1./s1. The second kappa shape index (κ2) is 8.80. The first-order chi connectivity index (χ1) is 13.9. The Balaban J connectivity index is 0.000000755. The van der Waals surface area contributed by atoms with Crippen LogP contribution in [0.3, 0.4) is 0 Å². The number of hydrogen-bond donors (Lipinski definition) is 1. The normalized spacial score (nSPS) is 20.4. The highest BCUT2D eigenvalue weighted by molar-refractivity contribution is 7.89. The van der Waals surface area contributed by atoms with E-state index < -0.39 is 10.0 Å². The molecule has 158 valence electrons. The van der Waals surface area contributed by atoms with Crippen LogP contribution in [0, 0.1) is 5.92 Å². The summed E-state index contributed by atoms with van der Waals surface area (Å²) in [6, 6.07) is 5.58. The van der Waals surface area contributed by atoms with Crippen LogP contribution in [0.1, 0.15) is 6.04 Å². The van der Waals surface area contributed by atoms with Gasteiger partial charge in [0.1, 0.15) is 5.82 Å². The second-order valence-corrected chi connectivity index (χ2v) is 8.98. The molecule has 11 heteroatoms. The predicted octanol–water partition coefficient (Wildman–Crippen LogP) is 1.06. The van der Waals surface area contributed by atoms with Crippen molar-refractivity contribution in [1.29, 1.82) is 0 Å². The third-order valence-electron chi connectivity index (χ3n) is 4.80. The molecular weight excluding hydrogens is 402 g/mol. The maximum atomic E-state index is 12.3. The van der Waals surface area contributed by atoms with Gasteiger partial charge in [-0.2, -0.15) is 0 Å². The number of nitrogens with zero attached hydrogens (tertiary/aromatic N) is 3. The van der Waals surface area contributed by atoms with E-state index in [4.69, 9.17) is 24.1 Å². The van der Waals surface area contributed by atoms with E-state index in [1.807, 2.05) is 29.0 Å². The van der Waals surface area contributed by atoms with Gasteiger partial charge in [-0.3, -0.25) is 4.79 Å². The molecule has 1 aromatic carbocycles. The third-order valence-corrected chi connectivity index (χ3v) is 6.76. The summed E-state index contributed by atoms with van der Waals surface area (Å²) in [4.78, 5) is 12.8. The fraction of sp³-hybridized carbons (Fsp3) is 0.444. The number of aromatic nitrogens is 2. The largest absolute Gasteiger partial charge is 0.483 e. The quantitative estimate of drug-likeness (QED) is 0.706. The van der Waals surface area contributed by atoms with Crippen LogP contribution in [-0.2, 0) is 19.6 Å². The summed E-state index contributed by atoms with van der Waals surface area (Å²) in [5.74, 6) is 2.07. The van der Waals surface area contributed by atoms with E-state index in [0.717, 1.165) is 11.4 Å². The molecule has 0 unspecified atom stereocenters. The van der Waals surface area contributed by atoms with Gasteiger partial charge in [-0.1, -0.05) is 0 Å². The lowest BCUT2D eigenvalue weighted by atomic mass is 10.1. The molecule has 0 spiro atoms. The zero-order valence-corrected chi connectivity index (χ0v) is 16.9. The van der Waals surface area contributed by atoms with Gasteiger partial charge in [-0.05, 0) is 18.2 Å². The van der Waals surface area contributed by atoms with Crippen LogP contribution in [0.25, 0.3) is 11.4 Å². The number of carboxylic acid groups (broad SMARTS) is 1. The lowest BCUT2D eigenvalue weighted by Gasteiger charge is -2.22. The zero-order chi connectivity index (χ0) is 21.0. The maximum Gasteiger partial charge on any atom is 0.290 e. The summed E-state index contributed by atoms with van der Waals surface area (Å²) in [5, 5.41) is 6.89. The lowest BCUT2D eigenvalue weighted by molar-refractivity contribution is -0.122. The number of fused-ring (bicyclic) bond motifs is 1. The topological polar surface area (TPSA) is 120 Å². The first-order valence-corrected chi connectivity index (χ1v) is 10.5. The van der Waals surface area contributed by atoms with E-state index in [1.165, 1.54) is 4.31 Å². The summed E-state index contributed by atoms with van der Waals surface area (Å²) in [6.07, 6.45) is 3.59. The number of ether oxygens (including phenoxy) is 3. The van der Waals surface area contributed by atoms with Crippen molar-refractivity contribution >= 4 is 16.5 Å². The minimum absolute atomic E-state index is 0.0451. The van der Waals surface area contributed by atoms with Crippen LogP contribution in [0.2, 0.25) is 0 Å². The van der Waals surface area contributed by atoms with Crippen molar-refractivity contribution < 1.29 is 32.5 Å². The molecule has 1 fully saturated rings. The maximum absolute atomic E-state index is 12.3. The molecule has 0 saturated carbocycles. The third kappa shape index (κ3) is 4.52. The summed E-state index contributed by atoms with van der Waals surface area (Å²) in [5.41, 5.74) is 0.889. The Kier molecular flexibility index (Phi) is 6.40. The van der Waals surface area contributed by atoms with Gasteiger partial charge in [0.15, 0.2) is 11.5 Å². The molecule has 0 bridgehead atoms. The van der Waals surface area contributed by atoms with E-state index in [1.54, 1.807) is 20.3 Å². The van der Waals surface area contributed by atoms with E-state index in [2.05, 4.69) is 4.98 Å². The smallest absolute Gasteiger partial charge is 0.290 e. The summed E-state index contributed by atoms with van der Waals surface area (Å²) in [6.45, 7) is 0.839. The molecule has 29 heavy (non-hydrogen) atoms. The molecule has 3 heterocycles. The van der Waals surface area contributed by atoms with E-state index in [0.29, 0.717) is 24.7 Å². The highest BCUT2D eigenvalue weighted by Gasteiger charge is 2.35. The number of rotatable bonds is 5. The molecule has 2 aromatic rings. The van der Waals surface area contributed by atoms with Crippen molar-refractivity contribution in [2.45, 2.75) is 6.04 Å². The molecule has 1 N–H and O–H groups in total. The minimum atomic E-state index is -3.31. The Morgan fingerprint density at radius 2 is 2.00 bits per heavy atom. The van der Waals surface area contributed by atoms with E-state index in [-0.39, 0.29) is 31.0 Å². The van der Waals surface area contributed by atoms with Gasteiger partial charge < -0.3 is 23.9 Å². The number of carbonyl (C=O) groups is 1. The highest BCUT2D eigenvalue weighted by atomic mass is 32.2. The van der Waals surface area contributed by atoms with E-state index in [9.17, 15) is 8.42 Å².